The maximum absolute atomic E-state index is 11.6. The summed E-state index contributed by atoms with van der Waals surface area (Å²) in [6.45, 7) is 0.192. The lowest BCUT2D eigenvalue weighted by Crippen LogP contribution is -2.45. The fourth-order valence-corrected chi connectivity index (χ4v) is 3.70. The molecule has 0 atom stereocenters. The molecule has 0 saturated heterocycles. The molecule has 5 nitrogen and oxygen atoms in total. The van der Waals surface area contributed by atoms with Gasteiger partial charge < -0.3 is 15.7 Å². The number of aliphatic carboxylic acids is 1. The first kappa shape index (κ1) is 15.1. The van der Waals surface area contributed by atoms with E-state index in [1.165, 1.54) is 44.9 Å². The Hall–Kier alpha value is -1.26. The molecule has 0 aliphatic heterocycles. The van der Waals surface area contributed by atoms with E-state index in [1.54, 1.807) is 0 Å². The van der Waals surface area contributed by atoms with E-state index in [9.17, 15) is 9.59 Å². The molecule has 0 bridgehead atoms. The Morgan fingerprint density at radius 2 is 1.70 bits per heavy atom. The Morgan fingerprint density at radius 1 is 1.05 bits per heavy atom. The van der Waals surface area contributed by atoms with Crippen LogP contribution in [0.5, 0.6) is 0 Å². The summed E-state index contributed by atoms with van der Waals surface area (Å²) in [6.07, 6.45) is 11.4. The minimum Gasteiger partial charge on any atom is -0.481 e. The number of hydrogen-bond donors (Lipinski definition) is 3. The van der Waals surface area contributed by atoms with Crippen molar-refractivity contribution in [2.24, 2.45) is 5.41 Å². The van der Waals surface area contributed by atoms with Gasteiger partial charge in [-0.15, -0.1) is 0 Å². The maximum atomic E-state index is 11.6. The number of carboxylic acid groups (broad SMARTS) is 1. The van der Waals surface area contributed by atoms with Gasteiger partial charge in [0.1, 0.15) is 0 Å². The third-order valence-electron chi connectivity index (χ3n) is 4.92. The van der Waals surface area contributed by atoms with Gasteiger partial charge in [-0.3, -0.25) is 4.79 Å². The second-order valence-corrected chi connectivity index (χ2v) is 6.38. The van der Waals surface area contributed by atoms with Crippen LogP contribution < -0.4 is 10.6 Å². The van der Waals surface area contributed by atoms with Gasteiger partial charge in [-0.25, -0.2) is 4.79 Å². The highest BCUT2D eigenvalue weighted by Crippen LogP contribution is 2.47. The molecule has 20 heavy (non-hydrogen) atoms. The monoisotopic (exact) mass is 282 g/mol. The molecule has 2 amide bonds. The van der Waals surface area contributed by atoms with E-state index in [4.69, 9.17) is 5.11 Å². The number of nitrogens with one attached hydrogen (secondary N) is 2. The molecule has 2 rings (SSSR count). The highest BCUT2D eigenvalue weighted by Gasteiger charge is 2.36. The second kappa shape index (κ2) is 6.95. The summed E-state index contributed by atoms with van der Waals surface area (Å²) in [5.74, 6) is -0.887. The van der Waals surface area contributed by atoms with Crippen LogP contribution in [-0.4, -0.2) is 29.7 Å². The molecule has 0 unspecified atom stereocenters. The summed E-state index contributed by atoms with van der Waals surface area (Å²) in [5.41, 5.74) is 0.566. The summed E-state index contributed by atoms with van der Waals surface area (Å²) < 4.78 is 0. The predicted octanol–water partition coefficient (Wildman–Crippen LogP) is 2.65. The maximum Gasteiger partial charge on any atom is 0.315 e. The van der Waals surface area contributed by atoms with E-state index in [1.807, 2.05) is 0 Å². The van der Waals surface area contributed by atoms with Crippen molar-refractivity contribution in [1.29, 1.82) is 0 Å². The van der Waals surface area contributed by atoms with Crippen molar-refractivity contribution < 1.29 is 14.7 Å². The third-order valence-corrected chi connectivity index (χ3v) is 4.92. The van der Waals surface area contributed by atoms with E-state index in [2.05, 4.69) is 10.6 Å². The Kier molecular flexibility index (Phi) is 5.26. The zero-order valence-corrected chi connectivity index (χ0v) is 12.1. The summed E-state index contributed by atoms with van der Waals surface area (Å²) >= 11 is 0. The molecule has 0 aromatic heterocycles. The van der Waals surface area contributed by atoms with Crippen LogP contribution in [0.4, 0.5) is 4.79 Å². The minimum atomic E-state index is -0.887. The lowest BCUT2D eigenvalue weighted by Gasteiger charge is -2.43. The number of carbonyl (C=O) groups is 2. The van der Waals surface area contributed by atoms with E-state index in [0.29, 0.717) is 5.41 Å². The minimum absolute atomic E-state index is 0.0266. The van der Waals surface area contributed by atoms with Gasteiger partial charge >= 0.3 is 12.0 Å². The molecule has 2 aliphatic rings. The molecule has 0 aromatic rings. The predicted molar refractivity (Wildman–Crippen MR) is 76.6 cm³/mol. The number of carbonyl (C=O) groups excluding carboxylic acids is 1. The molecule has 2 fully saturated rings. The van der Waals surface area contributed by atoms with Gasteiger partial charge in [0.05, 0.1) is 6.42 Å². The molecule has 0 aromatic carbocycles. The summed E-state index contributed by atoms with van der Waals surface area (Å²) in [4.78, 5) is 22.0. The topological polar surface area (TPSA) is 78.4 Å². The first-order valence-corrected chi connectivity index (χ1v) is 7.86. The standard InChI is InChI=1S/C15H26N2O3/c18-13(19)6-11-16-14(20)17-12-4-9-15(10-5-12)7-2-1-3-8-15/h12H,1-11H2,(H,18,19)(H2,16,17,20). The van der Waals surface area contributed by atoms with Crippen molar-refractivity contribution in [3.63, 3.8) is 0 Å². The highest BCUT2D eigenvalue weighted by atomic mass is 16.4. The normalized spacial score (nSPS) is 22.4. The second-order valence-electron chi connectivity index (χ2n) is 6.38. The van der Waals surface area contributed by atoms with Crippen molar-refractivity contribution >= 4 is 12.0 Å². The van der Waals surface area contributed by atoms with Crippen molar-refractivity contribution in [1.82, 2.24) is 10.6 Å². The molecule has 114 valence electrons. The summed E-state index contributed by atoms with van der Waals surface area (Å²) in [7, 11) is 0. The average molecular weight is 282 g/mol. The quantitative estimate of drug-likeness (QED) is 0.741. The van der Waals surface area contributed by atoms with Crippen LogP contribution in [0.2, 0.25) is 0 Å². The average Bonchev–Trinajstić information content (AvgIpc) is 2.42. The zero-order valence-electron chi connectivity index (χ0n) is 12.1. The van der Waals surface area contributed by atoms with Crippen molar-refractivity contribution in [3.8, 4) is 0 Å². The molecule has 1 spiro atoms. The van der Waals surface area contributed by atoms with E-state index < -0.39 is 5.97 Å². The number of carboxylic acids is 1. The summed E-state index contributed by atoms with van der Waals surface area (Å²) in [6, 6.07) is 0.0308. The number of urea groups is 1. The summed E-state index contributed by atoms with van der Waals surface area (Å²) in [5, 5.41) is 14.1. The first-order valence-electron chi connectivity index (χ1n) is 7.86. The van der Waals surface area contributed by atoms with E-state index in [0.717, 1.165) is 12.8 Å². The Labute approximate surface area is 120 Å². The van der Waals surface area contributed by atoms with Gasteiger partial charge in [0, 0.05) is 12.6 Å². The molecular weight excluding hydrogens is 256 g/mol. The van der Waals surface area contributed by atoms with Crippen molar-refractivity contribution in [3.05, 3.63) is 0 Å². The van der Waals surface area contributed by atoms with Gasteiger partial charge in [-0.2, -0.15) is 0 Å². The lowest BCUT2D eigenvalue weighted by molar-refractivity contribution is -0.136. The van der Waals surface area contributed by atoms with Gasteiger partial charge in [-0.05, 0) is 43.9 Å². The van der Waals surface area contributed by atoms with Crippen molar-refractivity contribution in [2.75, 3.05) is 6.54 Å². The van der Waals surface area contributed by atoms with Crippen LogP contribution in [0.3, 0.4) is 0 Å². The Bertz CT molecular complexity index is 341. The van der Waals surface area contributed by atoms with Crippen LogP contribution in [0.25, 0.3) is 0 Å². The molecule has 3 N–H and O–H groups in total. The van der Waals surface area contributed by atoms with Crippen LogP contribution in [0.15, 0.2) is 0 Å². The zero-order chi connectivity index (χ0) is 14.4. The van der Waals surface area contributed by atoms with Gasteiger partial charge in [0.2, 0.25) is 0 Å². The van der Waals surface area contributed by atoms with Crippen LogP contribution >= 0.6 is 0 Å². The van der Waals surface area contributed by atoms with Crippen LogP contribution in [-0.2, 0) is 4.79 Å². The van der Waals surface area contributed by atoms with E-state index >= 15 is 0 Å². The SMILES string of the molecule is O=C(O)CCNC(=O)NC1CCC2(CCCCC2)CC1. The molecular formula is C15H26N2O3. The fraction of sp³-hybridized carbons (Fsp3) is 0.867. The fourth-order valence-electron chi connectivity index (χ4n) is 3.70. The molecule has 5 heteroatoms. The van der Waals surface area contributed by atoms with Crippen LogP contribution in [0, 0.1) is 5.41 Å². The number of hydrogen-bond acceptors (Lipinski definition) is 2. The molecule has 2 saturated carbocycles. The number of rotatable bonds is 4. The lowest BCUT2D eigenvalue weighted by atomic mass is 9.64. The van der Waals surface area contributed by atoms with Gasteiger partial charge in [0.15, 0.2) is 0 Å². The first-order chi connectivity index (χ1) is 9.60. The Morgan fingerprint density at radius 3 is 2.30 bits per heavy atom. The molecule has 0 heterocycles. The van der Waals surface area contributed by atoms with E-state index in [-0.39, 0.29) is 25.0 Å². The smallest absolute Gasteiger partial charge is 0.315 e. The van der Waals surface area contributed by atoms with Crippen molar-refractivity contribution in [2.45, 2.75) is 70.3 Å². The molecule has 0 radical (unpaired) electrons. The highest BCUT2D eigenvalue weighted by molar-refractivity contribution is 5.75. The van der Waals surface area contributed by atoms with Gasteiger partial charge in [0.25, 0.3) is 0 Å². The number of amides is 2. The van der Waals surface area contributed by atoms with Crippen LogP contribution in [0.1, 0.15) is 64.2 Å². The largest absolute Gasteiger partial charge is 0.481 e. The Balaban J connectivity index is 1.66. The third kappa shape index (κ3) is 4.39. The molecule has 2 aliphatic carbocycles. The van der Waals surface area contributed by atoms with Gasteiger partial charge in [-0.1, -0.05) is 19.3 Å².